The van der Waals surface area contributed by atoms with Crippen molar-refractivity contribution in [2.45, 2.75) is 11.7 Å². The van der Waals surface area contributed by atoms with Gasteiger partial charge in [0.2, 0.25) is 5.91 Å². The number of hydrogen-bond donors (Lipinski definition) is 0. The van der Waals surface area contributed by atoms with E-state index in [1.165, 1.54) is 28.8 Å². The molecule has 34 heavy (non-hydrogen) atoms. The molecule has 3 aromatic carbocycles. The SMILES string of the molecule is CN(C(=O)CSc1nnc(-c2ccccc2Cl)n1Cc1ccccc1)c1ccc([N+](=O)[O-])cc1. The Hall–Kier alpha value is -3.69. The van der Waals surface area contributed by atoms with Crippen LogP contribution in [-0.4, -0.2) is 38.4 Å². The van der Waals surface area contributed by atoms with Gasteiger partial charge >= 0.3 is 0 Å². The van der Waals surface area contributed by atoms with Crippen molar-refractivity contribution in [3.63, 3.8) is 0 Å². The number of aromatic nitrogens is 3. The van der Waals surface area contributed by atoms with E-state index in [0.29, 0.717) is 28.2 Å². The summed E-state index contributed by atoms with van der Waals surface area (Å²) in [5, 5.41) is 20.7. The summed E-state index contributed by atoms with van der Waals surface area (Å²) < 4.78 is 1.94. The third-order valence-electron chi connectivity index (χ3n) is 5.16. The van der Waals surface area contributed by atoms with Crippen molar-refractivity contribution < 1.29 is 9.72 Å². The van der Waals surface area contributed by atoms with Gasteiger partial charge in [-0.25, -0.2) is 0 Å². The molecule has 1 aromatic heterocycles. The van der Waals surface area contributed by atoms with Crippen LogP contribution in [0.2, 0.25) is 5.02 Å². The molecule has 0 spiro atoms. The van der Waals surface area contributed by atoms with E-state index in [1.54, 1.807) is 25.2 Å². The van der Waals surface area contributed by atoms with Crippen LogP contribution in [-0.2, 0) is 11.3 Å². The van der Waals surface area contributed by atoms with Crippen molar-refractivity contribution >= 4 is 40.6 Å². The molecular formula is C24H20ClN5O3S. The average Bonchev–Trinajstić information content (AvgIpc) is 3.25. The number of anilines is 1. The van der Waals surface area contributed by atoms with Crippen LogP contribution in [0.3, 0.4) is 0 Å². The van der Waals surface area contributed by atoms with Gasteiger partial charge in [0.05, 0.1) is 22.2 Å². The molecule has 172 valence electrons. The molecule has 0 N–H and O–H groups in total. The minimum absolute atomic E-state index is 0.0277. The maximum Gasteiger partial charge on any atom is 0.269 e. The Balaban J connectivity index is 1.56. The molecule has 0 fully saturated rings. The summed E-state index contributed by atoms with van der Waals surface area (Å²) in [5.74, 6) is 0.559. The zero-order valence-electron chi connectivity index (χ0n) is 18.2. The van der Waals surface area contributed by atoms with E-state index >= 15 is 0 Å². The number of carbonyl (C=O) groups is 1. The first kappa shape index (κ1) is 23.5. The molecule has 0 bridgehead atoms. The molecule has 4 aromatic rings. The third-order valence-corrected chi connectivity index (χ3v) is 6.44. The molecule has 4 rings (SSSR count). The fourth-order valence-electron chi connectivity index (χ4n) is 3.31. The van der Waals surface area contributed by atoms with E-state index in [2.05, 4.69) is 10.2 Å². The van der Waals surface area contributed by atoms with E-state index in [4.69, 9.17) is 11.6 Å². The van der Waals surface area contributed by atoms with E-state index in [0.717, 1.165) is 11.1 Å². The average molecular weight is 494 g/mol. The van der Waals surface area contributed by atoms with Crippen LogP contribution in [0.1, 0.15) is 5.56 Å². The summed E-state index contributed by atoms with van der Waals surface area (Å²) >= 11 is 7.69. The standard InChI is InChI=1S/C24H20ClN5O3S/c1-28(18-11-13-19(14-12-18)30(32)33)22(31)16-34-24-27-26-23(20-9-5-6-10-21(20)25)29(24)15-17-7-3-2-4-8-17/h2-14H,15-16H2,1H3. The van der Waals surface area contributed by atoms with Gasteiger partial charge in [-0.1, -0.05) is 65.8 Å². The number of hydrogen-bond acceptors (Lipinski definition) is 6. The number of nitrogens with zero attached hydrogens (tertiary/aromatic N) is 5. The lowest BCUT2D eigenvalue weighted by atomic mass is 10.2. The van der Waals surface area contributed by atoms with Crippen molar-refractivity contribution in [3.05, 3.63) is 99.6 Å². The highest BCUT2D eigenvalue weighted by atomic mass is 35.5. The molecular weight excluding hydrogens is 474 g/mol. The van der Waals surface area contributed by atoms with Gasteiger partial charge in [0, 0.05) is 30.4 Å². The molecule has 1 heterocycles. The van der Waals surface area contributed by atoms with Crippen molar-refractivity contribution in [1.29, 1.82) is 0 Å². The molecule has 1 amide bonds. The van der Waals surface area contributed by atoms with Gasteiger partial charge in [0.1, 0.15) is 0 Å². The summed E-state index contributed by atoms with van der Waals surface area (Å²) in [6.45, 7) is 0.517. The second kappa shape index (κ2) is 10.5. The van der Waals surface area contributed by atoms with Crippen molar-refractivity contribution in [2.24, 2.45) is 0 Å². The normalized spacial score (nSPS) is 10.8. The second-order valence-electron chi connectivity index (χ2n) is 7.37. The van der Waals surface area contributed by atoms with Gasteiger partial charge in [0.25, 0.3) is 5.69 Å². The molecule has 0 unspecified atom stereocenters. The lowest BCUT2D eigenvalue weighted by molar-refractivity contribution is -0.384. The minimum Gasteiger partial charge on any atom is -0.315 e. The number of amides is 1. The molecule has 0 aliphatic heterocycles. The van der Waals surface area contributed by atoms with Crippen molar-refractivity contribution in [3.8, 4) is 11.4 Å². The predicted octanol–water partition coefficient (Wildman–Crippen LogP) is 5.31. The number of thioether (sulfide) groups is 1. The fourth-order valence-corrected chi connectivity index (χ4v) is 4.38. The number of carbonyl (C=O) groups excluding carboxylic acids is 1. The topological polar surface area (TPSA) is 94.2 Å². The molecule has 0 aliphatic rings. The van der Waals surface area contributed by atoms with Gasteiger partial charge < -0.3 is 4.90 Å². The first-order valence-corrected chi connectivity index (χ1v) is 11.7. The zero-order chi connectivity index (χ0) is 24.1. The number of non-ortho nitro benzene ring substituents is 1. The summed E-state index contributed by atoms with van der Waals surface area (Å²) in [6, 6.07) is 23.2. The zero-order valence-corrected chi connectivity index (χ0v) is 19.7. The monoisotopic (exact) mass is 493 g/mol. The van der Waals surface area contributed by atoms with Gasteiger partial charge in [-0.2, -0.15) is 0 Å². The second-order valence-corrected chi connectivity index (χ2v) is 8.72. The fraction of sp³-hybridized carbons (Fsp3) is 0.125. The van der Waals surface area contributed by atoms with E-state index in [-0.39, 0.29) is 17.3 Å². The Bertz CT molecular complexity index is 1310. The van der Waals surface area contributed by atoms with Crippen LogP contribution in [0.25, 0.3) is 11.4 Å². The number of rotatable bonds is 8. The molecule has 0 radical (unpaired) electrons. The first-order chi connectivity index (χ1) is 16.4. The Morgan fingerprint density at radius 3 is 2.38 bits per heavy atom. The largest absolute Gasteiger partial charge is 0.315 e. The number of halogens is 1. The van der Waals surface area contributed by atoms with E-state index in [1.807, 2.05) is 53.1 Å². The van der Waals surface area contributed by atoms with E-state index in [9.17, 15) is 14.9 Å². The van der Waals surface area contributed by atoms with Gasteiger partial charge in [-0.15, -0.1) is 10.2 Å². The minimum atomic E-state index is -0.475. The highest BCUT2D eigenvalue weighted by Gasteiger charge is 2.19. The van der Waals surface area contributed by atoms with Gasteiger partial charge in [0.15, 0.2) is 11.0 Å². The van der Waals surface area contributed by atoms with Crippen LogP contribution in [0.4, 0.5) is 11.4 Å². The lowest BCUT2D eigenvalue weighted by Crippen LogP contribution is -2.28. The maximum absolute atomic E-state index is 12.8. The first-order valence-electron chi connectivity index (χ1n) is 10.3. The Morgan fingerprint density at radius 1 is 1.03 bits per heavy atom. The summed E-state index contributed by atoms with van der Waals surface area (Å²) in [6.07, 6.45) is 0. The highest BCUT2D eigenvalue weighted by molar-refractivity contribution is 7.99. The van der Waals surface area contributed by atoms with Crippen LogP contribution >= 0.6 is 23.4 Å². The highest BCUT2D eigenvalue weighted by Crippen LogP contribution is 2.30. The van der Waals surface area contributed by atoms with Crippen LogP contribution < -0.4 is 4.90 Å². The summed E-state index contributed by atoms with van der Waals surface area (Å²) in [7, 11) is 1.63. The van der Waals surface area contributed by atoms with Crippen molar-refractivity contribution in [2.75, 3.05) is 17.7 Å². The number of nitro benzene ring substituents is 1. The Kier molecular flexibility index (Phi) is 7.24. The number of benzene rings is 3. The molecule has 10 heteroatoms. The molecule has 8 nitrogen and oxygen atoms in total. The Morgan fingerprint density at radius 2 is 1.71 bits per heavy atom. The number of nitro groups is 1. The molecule has 0 aliphatic carbocycles. The predicted molar refractivity (Wildman–Crippen MR) is 133 cm³/mol. The molecule has 0 saturated heterocycles. The molecule has 0 atom stereocenters. The van der Waals surface area contributed by atoms with Crippen LogP contribution in [0, 0.1) is 10.1 Å². The van der Waals surface area contributed by atoms with Gasteiger partial charge in [-0.3, -0.25) is 19.5 Å². The molecule has 0 saturated carbocycles. The third kappa shape index (κ3) is 5.27. The van der Waals surface area contributed by atoms with Crippen LogP contribution in [0.5, 0.6) is 0 Å². The van der Waals surface area contributed by atoms with E-state index < -0.39 is 4.92 Å². The smallest absolute Gasteiger partial charge is 0.269 e. The van der Waals surface area contributed by atoms with Crippen LogP contribution in [0.15, 0.2) is 84.0 Å². The summed E-state index contributed by atoms with van der Waals surface area (Å²) in [5.41, 5.74) is 2.36. The summed E-state index contributed by atoms with van der Waals surface area (Å²) in [4.78, 5) is 24.7. The van der Waals surface area contributed by atoms with Crippen molar-refractivity contribution in [1.82, 2.24) is 14.8 Å². The maximum atomic E-state index is 12.8. The Labute approximate surface area is 205 Å². The lowest BCUT2D eigenvalue weighted by Gasteiger charge is -2.17. The van der Waals surface area contributed by atoms with Gasteiger partial charge in [-0.05, 0) is 29.8 Å². The quantitative estimate of drug-likeness (QED) is 0.187.